The number of aryl methyl sites for hydroxylation is 1. The summed E-state index contributed by atoms with van der Waals surface area (Å²) < 4.78 is 4.86. The molecule has 1 heterocycles. The van der Waals surface area contributed by atoms with Crippen molar-refractivity contribution in [3.63, 3.8) is 0 Å². The zero-order chi connectivity index (χ0) is 17.0. The van der Waals surface area contributed by atoms with Crippen molar-refractivity contribution < 1.29 is 19.2 Å². The first-order valence-corrected chi connectivity index (χ1v) is 7.48. The van der Waals surface area contributed by atoms with E-state index in [1.807, 2.05) is 0 Å². The van der Waals surface area contributed by atoms with Gasteiger partial charge in [0.25, 0.3) is 0 Å². The van der Waals surface area contributed by atoms with Gasteiger partial charge in [0.2, 0.25) is 5.91 Å². The van der Waals surface area contributed by atoms with Crippen molar-refractivity contribution in [1.82, 2.24) is 10.5 Å². The number of halogens is 2. The summed E-state index contributed by atoms with van der Waals surface area (Å²) in [7, 11) is 0. The van der Waals surface area contributed by atoms with Crippen LogP contribution in [0.2, 0.25) is 10.0 Å². The molecule has 0 radical (unpaired) electrons. The smallest absolute Gasteiger partial charge is 0.326 e. The Morgan fingerprint density at radius 1 is 1.26 bits per heavy atom. The Morgan fingerprint density at radius 2 is 1.91 bits per heavy atom. The van der Waals surface area contributed by atoms with Gasteiger partial charge in [0, 0.05) is 22.5 Å². The van der Waals surface area contributed by atoms with Crippen molar-refractivity contribution in [2.24, 2.45) is 0 Å². The van der Waals surface area contributed by atoms with Gasteiger partial charge in [-0.05, 0) is 30.7 Å². The first-order valence-electron chi connectivity index (χ1n) is 6.73. The van der Waals surface area contributed by atoms with Crippen molar-refractivity contribution in [2.45, 2.75) is 25.8 Å². The van der Waals surface area contributed by atoms with Gasteiger partial charge >= 0.3 is 5.97 Å². The molecular weight excluding hydrogens is 343 g/mol. The van der Waals surface area contributed by atoms with Crippen LogP contribution in [0.4, 0.5) is 0 Å². The number of nitrogens with zero attached hydrogens (tertiary/aromatic N) is 1. The molecule has 122 valence electrons. The molecule has 2 aromatic rings. The maximum atomic E-state index is 12.0. The number of carboxylic acids is 1. The number of hydrogen-bond acceptors (Lipinski definition) is 4. The molecule has 8 heteroatoms. The number of aromatic nitrogens is 1. The van der Waals surface area contributed by atoms with Crippen LogP contribution in [0.15, 0.2) is 28.8 Å². The fourth-order valence-corrected chi connectivity index (χ4v) is 2.65. The molecule has 2 rings (SSSR count). The third-order valence-corrected chi connectivity index (χ3v) is 3.45. The van der Waals surface area contributed by atoms with E-state index in [1.165, 1.54) is 0 Å². The number of carboxylic acid groups (broad SMARTS) is 1. The summed E-state index contributed by atoms with van der Waals surface area (Å²) in [4.78, 5) is 23.3. The summed E-state index contributed by atoms with van der Waals surface area (Å²) >= 11 is 11.8. The SMILES string of the molecule is Cc1cc(CC(=O)NC(Cc2cc(Cl)cc(Cl)c2)C(=O)O)no1. The van der Waals surface area contributed by atoms with Crippen molar-refractivity contribution >= 4 is 35.1 Å². The number of amides is 1. The Hall–Kier alpha value is -2.05. The lowest BCUT2D eigenvalue weighted by molar-refractivity contribution is -0.141. The Bertz CT molecular complexity index is 710. The zero-order valence-corrected chi connectivity index (χ0v) is 13.7. The number of nitrogens with one attached hydrogen (secondary N) is 1. The van der Waals surface area contributed by atoms with Crippen LogP contribution in [0.5, 0.6) is 0 Å². The molecule has 0 aliphatic rings. The third-order valence-electron chi connectivity index (χ3n) is 3.01. The predicted molar refractivity (Wildman–Crippen MR) is 84.7 cm³/mol. The van der Waals surface area contributed by atoms with E-state index in [0.717, 1.165) is 0 Å². The molecular formula is C15H14Cl2N2O4. The van der Waals surface area contributed by atoms with Gasteiger partial charge in [-0.1, -0.05) is 28.4 Å². The number of benzene rings is 1. The van der Waals surface area contributed by atoms with E-state index in [-0.39, 0.29) is 12.8 Å². The van der Waals surface area contributed by atoms with Gasteiger partial charge in [-0.15, -0.1) is 0 Å². The highest BCUT2D eigenvalue weighted by atomic mass is 35.5. The number of hydrogen-bond donors (Lipinski definition) is 2. The summed E-state index contributed by atoms with van der Waals surface area (Å²) in [6, 6.07) is 5.29. The second kappa shape index (κ2) is 7.48. The zero-order valence-electron chi connectivity index (χ0n) is 12.2. The minimum atomic E-state index is -1.15. The molecule has 0 aliphatic heterocycles. The number of carbonyl (C=O) groups excluding carboxylic acids is 1. The van der Waals surface area contributed by atoms with Crippen molar-refractivity contribution in [2.75, 3.05) is 0 Å². The lowest BCUT2D eigenvalue weighted by Gasteiger charge is -2.14. The van der Waals surface area contributed by atoms with Gasteiger partial charge in [-0.2, -0.15) is 0 Å². The Labute approximate surface area is 142 Å². The lowest BCUT2D eigenvalue weighted by Crippen LogP contribution is -2.43. The molecule has 0 fully saturated rings. The minimum absolute atomic E-state index is 0.0581. The molecule has 1 aromatic carbocycles. The molecule has 0 saturated heterocycles. The monoisotopic (exact) mass is 356 g/mol. The molecule has 0 saturated carbocycles. The van der Waals surface area contributed by atoms with Gasteiger partial charge in [-0.3, -0.25) is 4.79 Å². The van der Waals surface area contributed by atoms with Gasteiger partial charge in [0.15, 0.2) is 0 Å². The van der Waals surface area contributed by atoms with Crippen LogP contribution in [-0.4, -0.2) is 28.2 Å². The topological polar surface area (TPSA) is 92.4 Å². The molecule has 0 spiro atoms. The molecule has 1 atom stereocenters. The van der Waals surface area contributed by atoms with E-state index in [2.05, 4.69) is 10.5 Å². The molecule has 23 heavy (non-hydrogen) atoms. The molecule has 6 nitrogen and oxygen atoms in total. The molecule has 0 bridgehead atoms. The second-order valence-electron chi connectivity index (χ2n) is 5.05. The van der Waals surface area contributed by atoms with Gasteiger partial charge in [0.05, 0.1) is 12.1 Å². The lowest BCUT2D eigenvalue weighted by atomic mass is 10.1. The van der Waals surface area contributed by atoms with E-state index in [0.29, 0.717) is 27.1 Å². The van der Waals surface area contributed by atoms with Crippen molar-refractivity contribution in [3.05, 3.63) is 51.3 Å². The van der Waals surface area contributed by atoms with Crippen molar-refractivity contribution in [1.29, 1.82) is 0 Å². The van der Waals surface area contributed by atoms with E-state index < -0.39 is 17.9 Å². The Morgan fingerprint density at radius 3 is 2.43 bits per heavy atom. The van der Waals surface area contributed by atoms with E-state index in [9.17, 15) is 14.7 Å². The maximum absolute atomic E-state index is 12.0. The molecule has 1 aromatic heterocycles. The first-order chi connectivity index (χ1) is 10.8. The molecule has 1 unspecified atom stereocenters. The van der Waals surface area contributed by atoms with Gasteiger partial charge < -0.3 is 14.9 Å². The summed E-state index contributed by atoms with van der Waals surface area (Å²) in [6.07, 6.45) is 0.0105. The highest BCUT2D eigenvalue weighted by Gasteiger charge is 2.21. The summed E-state index contributed by atoms with van der Waals surface area (Å²) in [5.41, 5.74) is 1.06. The highest BCUT2D eigenvalue weighted by molar-refractivity contribution is 6.34. The largest absolute Gasteiger partial charge is 0.480 e. The van der Waals surface area contributed by atoms with E-state index in [1.54, 1.807) is 31.2 Å². The number of aliphatic carboxylic acids is 1. The fourth-order valence-electron chi connectivity index (χ4n) is 2.08. The summed E-state index contributed by atoms with van der Waals surface area (Å²) in [5, 5.41) is 16.2. The maximum Gasteiger partial charge on any atom is 0.326 e. The van der Waals surface area contributed by atoms with Crippen LogP contribution in [0.25, 0.3) is 0 Å². The second-order valence-corrected chi connectivity index (χ2v) is 5.92. The normalized spacial score (nSPS) is 12.0. The first kappa shape index (κ1) is 17.3. The average Bonchev–Trinajstić information content (AvgIpc) is 2.81. The number of carbonyl (C=O) groups is 2. The number of rotatable bonds is 6. The van der Waals surface area contributed by atoms with Gasteiger partial charge in [0.1, 0.15) is 11.8 Å². The molecule has 0 aliphatic carbocycles. The fraction of sp³-hybridized carbons (Fsp3) is 0.267. The van der Waals surface area contributed by atoms with Gasteiger partial charge in [-0.25, -0.2) is 4.79 Å². The van der Waals surface area contributed by atoms with E-state index in [4.69, 9.17) is 27.7 Å². The average molecular weight is 357 g/mol. The Kier molecular flexibility index (Phi) is 5.63. The van der Waals surface area contributed by atoms with E-state index >= 15 is 0 Å². The third kappa shape index (κ3) is 5.26. The summed E-state index contributed by atoms with van der Waals surface area (Å²) in [5.74, 6) is -1.03. The van der Waals surface area contributed by atoms with Crippen LogP contribution in [0.3, 0.4) is 0 Å². The Balaban J connectivity index is 2.03. The molecule has 2 N–H and O–H groups in total. The quantitative estimate of drug-likeness (QED) is 0.829. The summed E-state index contributed by atoms with van der Waals surface area (Å²) in [6.45, 7) is 1.71. The predicted octanol–water partition coefficient (Wildman–Crippen LogP) is 2.64. The van der Waals surface area contributed by atoms with Crippen LogP contribution < -0.4 is 5.32 Å². The highest BCUT2D eigenvalue weighted by Crippen LogP contribution is 2.20. The standard InChI is InChI=1S/C15H14Cl2N2O4/c1-8-2-12(19-23-8)7-14(20)18-13(15(21)22)5-9-3-10(16)6-11(17)4-9/h2-4,6,13H,5,7H2,1H3,(H,18,20)(H,21,22). The van der Waals surface area contributed by atoms with Crippen LogP contribution in [-0.2, 0) is 22.4 Å². The minimum Gasteiger partial charge on any atom is -0.480 e. The van der Waals surface area contributed by atoms with Crippen LogP contribution in [0, 0.1) is 6.92 Å². The van der Waals surface area contributed by atoms with Crippen LogP contribution in [0.1, 0.15) is 17.0 Å². The van der Waals surface area contributed by atoms with Crippen LogP contribution >= 0.6 is 23.2 Å². The van der Waals surface area contributed by atoms with Crippen molar-refractivity contribution in [3.8, 4) is 0 Å². The molecule has 1 amide bonds.